The van der Waals surface area contributed by atoms with E-state index in [-0.39, 0.29) is 5.41 Å². The minimum absolute atomic E-state index is 0.224. The molecule has 2 heterocycles. The van der Waals surface area contributed by atoms with E-state index >= 15 is 0 Å². The Labute approximate surface area is 81.8 Å². The van der Waals surface area contributed by atoms with Crippen LogP contribution in [0.15, 0.2) is 0 Å². The van der Waals surface area contributed by atoms with E-state index in [2.05, 4.69) is 4.72 Å². The van der Waals surface area contributed by atoms with Gasteiger partial charge in [-0.2, -0.15) is 0 Å². The first-order valence-electron chi connectivity index (χ1n) is 4.54. The fourth-order valence-electron chi connectivity index (χ4n) is 2.09. The second-order valence-corrected chi connectivity index (χ2v) is 4.78. The number of nitrogens with one attached hydrogen (secondary N) is 1. The molecule has 2 saturated heterocycles. The Balaban J connectivity index is 2.02. The zero-order valence-corrected chi connectivity index (χ0v) is 8.27. The molecular weight excluding hydrogens is 188 g/mol. The molecule has 1 spiro atoms. The summed E-state index contributed by atoms with van der Waals surface area (Å²) in [6.45, 7) is 2.38. The summed E-state index contributed by atoms with van der Waals surface area (Å²) in [6.07, 6.45) is 1.40. The van der Waals surface area contributed by atoms with Gasteiger partial charge >= 0.3 is 6.09 Å². The molecule has 1 unspecified atom stereocenters. The number of carboxylic acid groups (broad SMARTS) is 1. The third kappa shape index (κ3) is 1.76. The van der Waals surface area contributed by atoms with Crippen LogP contribution in [0.2, 0.25) is 0 Å². The number of piperidine rings is 1. The van der Waals surface area contributed by atoms with Crippen molar-refractivity contribution in [2.24, 2.45) is 5.41 Å². The first-order chi connectivity index (χ1) is 6.22. The molecule has 2 aliphatic rings. The van der Waals surface area contributed by atoms with Crippen molar-refractivity contribution in [2.75, 3.05) is 25.4 Å². The van der Waals surface area contributed by atoms with E-state index in [9.17, 15) is 4.79 Å². The van der Waals surface area contributed by atoms with Gasteiger partial charge in [0.05, 0.1) is 0 Å². The molecule has 2 fully saturated rings. The summed E-state index contributed by atoms with van der Waals surface area (Å²) in [4.78, 5) is 12.3. The highest BCUT2D eigenvalue weighted by Gasteiger charge is 2.39. The minimum atomic E-state index is -0.768. The molecule has 0 saturated carbocycles. The lowest BCUT2D eigenvalue weighted by molar-refractivity contribution is 0.0940. The van der Waals surface area contributed by atoms with Crippen LogP contribution >= 0.6 is 11.9 Å². The topological polar surface area (TPSA) is 52.6 Å². The molecule has 0 bridgehead atoms. The van der Waals surface area contributed by atoms with E-state index in [0.29, 0.717) is 13.1 Å². The van der Waals surface area contributed by atoms with E-state index in [4.69, 9.17) is 5.11 Å². The molecular formula is C8H14N2O2S. The second-order valence-electron chi connectivity index (χ2n) is 3.92. The Morgan fingerprint density at radius 3 is 3.08 bits per heavy atom. The molecule has 1 atom stereocenters. The van der Waals surface area contributed by atoms with Crippen LogP contribution in [-0.2, 0) is 0 Å². The Morgan fingerprint density at radius 2 is 2.46 bits per heavy atom. The summed E-state index contributed by atoms with van der Waals surface area (Å²) in [6, 6.07) is 0. The second kappa shape index (κ2) is 3.38. The maximum Gasteiger partial charge on any atom is 0.407 e. The molecule has 0 aliphatic carbocycles. The number of carbonyl (C=O) groups is 1. The Bertz CT molecular complexity index is 216. The lowest BCUT2D eigenvalue weighted by Gasteiger charge is -2.37. The predicted octanol–water partition coefficient (Wildman–Crippen LogP) is 0.998. The molecule has 5 heteroatoms. The maximum atomic E-state index is 10.8. The Kier molecular flexibility index (Phi) is 2.38. The van der Waals surface area contributed by atoms with Gasteiger partial charge in [0.1, 0.15) is 0 Å². The highest BCUT2D eigenvalue weighted by atomic mass is 32.2. The number of rotatable bonds is 0. The first kappa shape index (κ1) is 9.15. The van der Waals surface area contributed by atoms with Gasteiger partial charge in [0, 0.05) is 30.8 Å². The minimum Gasteiger partial charge on any atom is -0.465 e. The zero-order valence-electron chi connectivity index (χ0n) is 7.45. The van der Waals surface area contributed by atoms with Gasteiger partial charge < -0.3 is 10.0 Å². The number of hydrogen-bond acceptors (Lipinski definition) is 3. The molecule has 0 aromatic carbocycles. The van der Waals surface area contributed by atoms with E-state index in [0.717, 1.165) is 25.1 Å². The number of amides is 1. The van der Waals surface area contributed by atoms with Gasteiger partial charge in [0.15, 0.2) is 0 Å². The third-order valence-electron chi connectivity index (χ3n) is 2.86. The highest BCUT2D eigenvalue weighted by molar-refractivity contribution is 7.97. The predicted molar refractivity (Wildman–Crippen MR) is 51.7 cm³/mol. The number of nitrogens with zero attached hydrogens (tertiary/aromatic N) is 1. The van der Waals surface area contributed by atoms with Crippen molar-refractivity contribution in [1.29, 1.82) is 0 Å². The van der Waals surface area contributed by atoms with Crippen LogP contribution in [0, 0.1) is 5.41 Å². The largest absolute Gasteiger partial charge is 0.465 e. The van der Waals surface area contributed by atoms with Crippen molar-refractivity contribution in [1.82, 2.24) is 9.62 Å². The number of likely N-dealkylation sites (tertiary alicyclic amines) is 1. The Hall–Kier alpha value is -0.420. The van der Waals surface area contributed by atoms with Gasteiger partial charge in [0.2, 0.25) is 0 Å². The van der Waals surface area contributed by atoms with Gasteiger partial charge in [-0.05, 0) is 12.8 Å². The van der Waals surface area contributed by atoms with Crippen LogP contribution in [0.4, 0.5) is 4.79 Å². The normalized spacial score (nSPS) is 34.0. The lowest BCUT2D eigenvalue weighted by atomic mass is 9.82. The van der Waals surface area contributed by atoms with Crippen molar-refractivity contribution < 1.29 is 9.90 Å². The van der Waals surface area contributed by atoms with Crippen LogP contribution in [0.25, 0.3) is 0 Å². The van der Waals surface area contributed by atoms with Crippen LogP contribution < -0.4 is 4.72 Å². The zero-order chi connectivity index (χ0) is 9.31. The molecule has 4 nitrogen and oxygen atoms in total. The standard InChI is InChI=1S/C8H14N2O2S/c11-7(12)10-3-1-2-8(5-10)4-9-13-6-8/h9H,1-6H2,(H,11,12). The molecule has 0 radical (unpaired) electrons. The van der Waals surface area contributed by atoms with Crippen LogP contribution in [0.3, 0.4) is 0 Å². The summed E-state index contributed by atoms with van der Waals surface area (Å²) in [5.41, 5.74) is 0.224. The monoisotopic (exact) mass is 202 g/mol. The summed E-state index contributed by atoms with van der Waals surface area (Å²) in [7, 11) is 0. The van der Waals surface area contributed by atoms with E-state index in [1.165, 1.54) is 0 Å². The third-order valence-corrected chi connectivity index (χ3v) is 3.96. The molecule has 2 aliphatic heterocycles. The van der Waals surface area contributed by atoms with E-state index < -0.39 is 6.09 Å². The molecule has 2 N–H and O–H groups in total. The molecule has 0 aromatic heterocycles. The van der Waals surface area contributed by atoms with Crippen LogP contribution in [0.1, 0.15) is 12.8 Å². The maximum absolute atomic E-state index is 10.8. The first-order valence-corrected chi connectivity index (χ1v) is 5.53. The van der Waals surface area contributed by atoms with Crippen molar-refractivity contribution in [3.63, 3.8) is 0 Å². The van der Waals surface area contributed by atoms with E-state index in [1.54, 1.807) is 16.8 Å². The van der Waals surface area contributed by atoms with Crippen LogP contribution in [-0.4, -0.2) is 41.5 Å². The van der Waals surface area contributed by atoms with Crippen molar-refractivity contribution in [2.45, 2.75) is 12.8 Å². The van der Waals surface area contributed by atoms with E-state index in [1.807, 2.05) is 0 Å². The van der Waals surface area contributed by atoms with Crippen molar-refractivity contribution in [3.8, 4) is 0 Å². The van der Waals surface area contributed by atoms with Gasteiger partial charge in [-0.3, -0.25) is 4.72 Å². The average molecular weight is 202 g/mol. The van der Waals surface area contributed by atoms with Crippen molar-refractivity contribution in [3.05, 3.63) is 0 Å². The molecule has 0 aromatic rings. The van der Waals surface area contributed by atoms with Crippen molar-refractivity contribution >= 4 is 18.0 Å². The quantitative estimate of drug-likeness (QED) is 0.575. The van der Waals surface area contributed by atoms with Gasteiger partial charge in [-0.1, -0.05) is 11.9 Å². The number of hydrogen-bond donors (Lipinski definition) is 2. The summed E-state index contributed by atoms with van der Waals surface area (Å²) in [5.74, 6) is 1.05. The fraction of sp³-hybridized carbons (Fsp3) is 0.875. The lowest BCUT2D eigenvalue weighted by Crippen LogP contribution is -2.47. The average Bonchev–Trinajstić information content (AvgIpc) is 2.53. The van der Waals surface area contributed by atoms with Gasteiger partial charge in [-0.25, -0.2) is 4.79 Å². The highest BCUT2D eigenvalue weighted by Crippen LogP contribution is 2.36. The molecule has 2 rings (SSSR count). The van der Waals surface area contributed by atoms with Gasteiger partial charge in [0.25, 0.3) is 0 Å². The van der Waals surface area contributed by atoms with Crippen LogP contribution in [0.5, 0.6) is 0 Å². The van der Waals surface area contributed by atoms with Gasteiger partial charge in [-0.15, -0.1) is 0 Å². The Morgan fingerprint density at radius 1 is 1.62 bits per heavy atom. The molecule has 13 heavy (non-hydrogen) atoms. The smallest absolute Gasteiger partial charge is 0.407 e. The summed E-state index contributed by atoms with van der Waals surface area (Å²) >= 11 is 1.72. The summed E-state index contributed by atoms with van der Waals surface area (Å²) in [5, 5.41) is 8.88. The fourth-order valence-corrected chi connectivity index (χ4v) is 3.25. The summed E-state index contributed by atoms with van der Waals surface area (Å²) < 4.78 is 3.24. The SMILES string of the molecule is O=C(O)N1CCCC2(CNSC2)C1. The molecule has 74 valence electrons. The molecule has 1 amide bonds.